The Morgan fingerprint density at radius 1 is 1.04 bits per heavy atom. The number of hydrogen-bond acceptors (Lipinski definition) is 5. The van der Waals surface area contributed by atoms with Crippen LogP contribution >= 0.6 is 0 Å². The molecule has 0 spiro atoms. The van der Waals surface area contributed by atoms with Crippen LogP contribution in [0.5, 0.6) is 0 Å². The van der Waals surface area contributed by atoms with Gasteiger partial charge in [0, 0.05) is 24.4 Å². The van der Waals surface area contributed by atoms with Crippen molar-refractivity contribution in [3.05, 3.63) is 60.3 Å². The van der Waals surface area contributed by atoms with Crippen molar-refractivity contribution in [1.29, 1.82) is 5.26 Å². The van der Waals surface area contributed by atoms with E-state index in [1.807, 2.05) is 30.3 Å². The number of nitrogens with one attached hydrogen (secondary N) is 1. The molecule has 25 heavy (non-hydrogen) atoms. The first-order valence-corrected chi connectivity index (χ1v) is 9.41. The van der Waals surface area contributed by atoms with Crippen LogP contribution < -0.4 is 5.43 Å². The average Bonchev–Trinajstić information content (AvgIpc) is 3.00. The smallest absolute Gasteiger partial charge is 0.175 e. The third-order valence-electron chi connectivity index (χ3n) is 3.82. The molecule has 0 bridgehead atoms. The van der Waals surface area contributed by atoms with Crippen LogP contribution in [0.1, 0.15) is 5.69 Å². The van der Waals surface area contributed by atoms with Gasteiger partial charge in [-0.05, 0) is 17.7 Å². The van der Waals surface area contributed by atoms with Crippen LogP contribution in [-0.2, 0) is 9.84 Å². The van der Waals surface area contributed by atoms with Crippen LogP contribution in [0, 0.1) is 11.3 Å². The topological polar surface area (TPSA) is 87.8 Å². The van der Waals surface area contributed by atoms with Crippen molar-refractivity contribution in [3.63, 3.8) is 0 Å². The van der Waals surface area contributed by atoms with Gasteiger partial charge in [0.25, 0.3) is 0 Å². The van der Waals surface area contributed by atoms with Crippen molar-refractivity contribution in [2.45, 2.75) is 4.90 Å². The number of sulfone groups is 1. The second-order valence-electron chi connectivity index (χ2n) is 5.48. The quantitative estimate of drug-likeness (QED) is 0.780. The molecule has 0 atom stereocenters. The summed E-state index contributed by atoms with van der Waals surface area (Å²) < 4.78 is 23.3. The van der Waals surface area contributed by atoms with Crippen LogP contribution in [0.3, 0.4) is 0 Å². The normalized spacial score (nSPS) is 11.1. The molecule has 1 N–H and O–H groups in total. The first-order valence-electron chi connectivity index (χ1n) is 7.52. The summed E-state index contributed by atoms with van der Waals surface area (Å²) in [6.45, 7) is 0. The van der Waals surface area contributed by atoms with Crippen LogP contribution in [0.15, 0.2) is 59.5 Å². The van der Waals surface area contributed by atoms with Crippen LogP contribution in [0.25, 0.3) is 22.4 Å². The molecule has 0 saturated carbocycles. The van der Waals surface area contributed by atoms with Crippen molar-refractivity contribution in [1.82, 2.24) is 9.89 Å². The Morgan fingerprint density at radius 3 is 2.20 bits per heavy atom. The molecular formula is C18H16N4O2S. The van der Waals surface area contributed by atoms with E-state index < -0.39 is 9.84 Å². The summed E-state index contributed by atoms with van der Waals surface area (Å²) >= 11 is 0. The Kier molecular flexibility index (Phi) is 4.30. The van der Waals surface area contributed by atoms with Crippen molar-refractivity contribution < 1.29 is 8.42 Å². The second-order valence-corrected chi connectivity index (χ2v) is 7.50. The number of nitriles is 1. The van der Waals surface area contributed by atoms with Crippen LogP contribution in [0.4, 0.5) is 0 Å². The van der Waals surface area contributed by atoms with Gasteiger partial charge in [-0.15, -0.1) is 5.10 Å². The largest absolute Gasteiger partial charge is 0.312 e. The third-order valence-corrected chi connectivity index (χ3v) is 4.95. The Hall–Kier alpha value is -3.11. The first-order chi connectivity index (χ1) is 12.0. The molecule has 7 heteroatoms. The summed E-state index contributed by atoms with van der Waals surface area (Å²) in [7, 11) is -1.56. The lowest BCUT2D eigenvalue weighted by Gasteiger charge is -2.10. The molecule has 1 aromatic heterocycles. The highest BCUT2D eigenvalue weighted by Gasteiger charge is 2.21. The van der Waals surface area contributed by atoms with Crippen molar-refractivity contribution in [2.75, 3.05) is 18.7 Å². The van der Waals surface area contributed by atoms with E-state index in [-0.39, 0.29) is 4.90 Å². The summed E-state index contributed by atoms with van der Waals surface area (Å²) in [4.78, 5) is 1.77. The number of hydrogen-bond donors (Lipinski definition) is 1. The van der Waals surface area contributed by atoms with E-state index in [4.69, 9.17) is 0 Å². The lowest BCUT2D eigenvalue weighted by molar-refractivity contribution is 0.602. The zero-order valence-electron chi connectivity index (χ0n) is 13.8. The number of rotatable bonds is 4. The fourth-order valence-corrected chi connectivity index (χ4v) is 3.29. The Bertz CT molecular complexity index is 1050. The minimum atomic E-state index is -3.27. The van der Waals surface area contributed by atoms with E-state index in [2.05, 4.69) is 16.6 Å². The zero-order chi connectivity index (χ0) is 18.0. The lowest BCUT2D eigenvalue weighted by Crippen LogP contribution is -2.12. The van der Waals surface area contributed by atoms with E-state index in [9.17, 15) is 13.7 Å². The molecule has 0 aliphatic heterocycles. The van der Waals surface area contributed by atoms with Crippen LogP contribution in [0.2, 0.25) is 0 Å². The maximum absolute atomic E-state index is 11.7. The van der Waals surface area contributed by atoms with Gasteiger partial charge >= 0.3 is 0 Å². The molecule has 3 aromatic rings. The number of benzene rings is 2. The van der Waals surface area contributed by atoms with Crippen molar-refractivity contribution in [2.24, 2.45) is 0 Å². The summed E-state index contributed by atoms with van der Waals surface area (Å²) in [5.74, 6) is 0. The van der Waals surface area contributed by atoms with Crippen molar-refractivity contribution >= 4 is 9.84 Å². The molecule has 0 radical (unpaired) electrons. The molecule has 6 nitrogen and oxygen atoms in total. The predicted molar refractivity (Wildman–Crippen MR) is 96.2 cm³/mol. The predicted octanol–water partition coefficient (Wildman–Crippen LogP) is 2.67. The molecule has 0 unspecified atom stereocenters. The van der Waals surface area contributed by atoms with E-state index >= 15 is 0 Å². The molecule has 126 valence electrons. The average molecular weight is 352 g/mol. The van der Waals surface area contributed by atoms with E-state index in [1.54, 1.807) is 31.3 Å². The second kappa shape index (κ2) is 6.42. The monoisotopic (exact) mass is 352 g/mol. The highest BCUT2D eigenvalue weighted by atomic mass is 32.2. The van der Waals surface area contributed by atoms with Crippen LogP contribution in [-0.4, -0.2) is 31.6 Å². The van der Waals surface area contributed by atoms with Gasteiger partial charge in [-0.3, -0.25) is 0 Å². The molecule has 1 heterocycles. The minimum absolute atomic E-state index is 0.244. The van der Waals surface area contributed by atoms with Gasteiger partial charge in [0.05, 0.1) is 4.90 Å². The molecule has 3 rings (SSSR count). The number of aromatic nitrogens is 2. The molecule has 0 aliphatic carbocycles. The third kappa shape index (κ3) is 3.12. The van der Waals surface area contributed by atoms with E-state index in [0.717, 1.165) is 11.1 Å². The van der Waals surface area contributed by atoms with Gasteiger partial charge < -0.3 is 5.43 Å². The van der Waals surface area contributed by atoms with Gasteiger partial charge in [0.2, 0.25) is 0 Å². The highest BCUT2D eigenvalue weighted by molar-refractivity contribution is 7.90. The van der Waals surface area contributed by atoms with Gasteiger partial charge in [0.15, 0.2) is 15.5 Å². The fourth-order valence-electron chi connectivity index (χ4n) is 2.66. The van der Waals surface area contributed by atoms with Gasteiger partial charge in [0.1, 0.15) is 11.8 Å². The Labute approximate surface area is 146 Å². The SMILES string of the molecule is CNn1nc(C#N)c(-c2ccccc2)c1-c1ccc(S(C)(=O)=O)cc1. The summed E-state index contributed by atoms with van der Waals surface area (Å²) in [6.07, 6.45) is 1.17. The Balaban J connectivity index is 2.25. The fraction of sp³-hybridized carbons (Fsp3) is 0.111. The zero-order valence-corrected chi connectivity index (χ0v) is 14.6. The molecular weight excluding hydrogens is 336 g/mol. The maximum Gasteiger partial charge on any atom is 0.175 e. The highest BCUT2D eigenvalue weighted by Crippen LogP contribution is 2.34. The molecule has 0 aliphatic rings. The summed E-state index contributed by atoms with van der Waals surface area (Å²) in [5.41, 5.74) is 6.25. The molecule has 0 saturated heterocycles. The molecule has 0 amide bonds. The van der Waals surface area contributed by atoms with Gasteiger partial charge in [-0.2, -0.15) is 10.1 Å². The van der Waals surface area contributed by atoms with Crippen molar-refractivity contribution in [3.8, 4) is 28.5 Å². The first kappa shape index (κ1) is 16.7. The van der Waals surface area contributed by atoms with E-state index in [0.29, 0.717) is 17.0 Å². The Morgan fingerprint density at radius 2 is 1.68 bits per heavy atom. The summed E-state index contributed by atoms with van der Waals surface area (Å²) in [6, 6.07) is 18.2. The van der Waals surface area contributed by atoms with Gasteiger partial charge in [-0.1, -0.05) is 42.5 Å². The molecule has 2 aromatic carbocycles. The van der Waals surface area contributed by atoms with E-state index in [1.165, 1.54) is 11.0 Å². The standard InChI is InChI=1S/C18H16N4O2S/c1-20-22-18(14-8-10-15(11-9-14)25(2,23)24)17(16(12-19)21-22)13-6-4-3-5-7-13/h3-11,20H,1-2H3. The number of nitrogens with zero attached hydrogens (tertiary/aromatic N) is 3. The minimum Gasteiger partial charge on any atom is -0.312 e. The summed E-state index contributed by atoms with van der Waals surface area (Å²) in [5, 5.41) is 13.8. The maximum atomic E-state index is 11.7. The lowest BCUT2D eigenvalue weighted by atomic mass is 9.99. The molecule has 0 fully saturated rings. The van der Waals surface area contributed by atoms with Gasteiger partial charge in [-0.25, -0.2) is 8.42 Å².